The summed E-state index contributed by atoms with van der Waals surface area (Å²) in [7, 11) is -1.50. The molecule has 0 spiro atoms. The van der Waals surface area contributed by atoms with Gasteiger partial charge in [0.2, 0.25) is 5.91 Å². The zero-order chi connectivity index (χ0) is 15.2. The van der Waals surface area contributed by atoms with E-state index in [1.54, 1.807) is 0 Å². The highest BCUT2D eigenvalue weighted by atomic mass is 32.2. The van der Waals surface area contributed by atoms with Crippen LogP contribution in [0.4, 0.5) is 0 Å². The first-order chi connectivity index (χ1) is 10.1. The molecule has 2 atom stereocenters. The number of carbonyl (C=O) groups is 1. The average Bonchev–Trinajstić information content (AvgIpc) is 2.48. The Hall–Kier alpha value is -1.94. The first-order valence-electron chi connectivity index (χ1n) is 6.94. The molecule has 110 valence electrons. The van der Waals surface area contributed by atoms with Crippen LogP contribution in [0.3, 0.4) is 0 Å². The highest BCUT2D eigenvalue weighted by molar-refractivity contribution is 7.84. The van der Waals surface area contributed by atoms with Gasteiger partial charge < -0.3 is 0 Å². The van der Waals surface area contributed by atoms with Gasteiger partial charge in [0.05, 0.1) is 0 Å². The van der Waals surface area contributed by atoms with Crippen LogP contribution >= 0.6 is 0 Å². The first kappa shape index (κ1) is 15.4. The number of nitrogens with one attached hydrogen (secondary N) is 1. The third kappa shape index (κ3) is 3.79. The van der Waals surface area contributed by atoms with Gasteiger partial charge in [-0.2, -0.15) is 0 Å². The molecule has 2 aromatic carbocycles. The molecule has 0 aliphatic heterocycles. The summed E-state index contributed by atoms with van der Waals surface area (Å²) in [6, 6.07) is 17.6. The number of benzene rings is 2. The molecular weight excluding hydrogens is 282 g/mol. The summed E-state index contributed by atoms with van der Waals surface area (Å²) in [4.78, 5) is 11.3. The molecule has 2 rings (SSSR count). The van der Waals surface area contributed by atoms with Crippen LogP contribution in [0, 0.1) is 0 Å². The molecular formula is C17H19NO2S. The van der Waals surface area contributed by atoms with Crippen LogP contribution in [0.15, 0.2) is 54.6 Å². The Morgan fingerprint density at radius 2 is 1.71 bits per heavy atom. The van der Waals surface area contributed by atoms with Gasteiger partial charge >= 0.3 is 0 Å². The monoisotopic (exact) mass is 301 g/mol. The van der Waals surface area contributed by atoms with Gasteiger partial charge in [-0.05, 0) is 23.1 Å². The van der Waals surface area contributed by atoms with Gasteiger partial charge in [0.15, 0.2) is 0 Å². The summed E-state index contributed by atoms with van der Waals surface area (Å²) < 4.78 is 15.1. The normalized spacial score (nSPS) is 13.4. The van der Waals surface area contributed by atoms with E-state index < -0.39 is 11.0 Å². The maximum absolute atomic E-state index is 12.6. The fraction of sp³-hybridized carbons (Fsp3) is 0.235. The third-order valence-corrected chi connectivity index (χ3v) is 4.72. The number of amides is 1. The van der Waals surface area contributed by atoms with Gasteiger partial charge in [0, 0.05) is 6.92 Å². The largest absolute Gasteiger partial charge is 0.275 e. The van der Waals surface area contributed by atoms with Crippen molar-refractivity contribution >= 4 is 16.9 Å². The van der Waals surface area contributed by atoms with E-state index in [0.29, 0.717) is 0 Å². The molecule has 2 unspecified atom stereocenters. The van der Waals surface area contributed by atoms with Crippen LogP contribution in [0.2, 0.25) is 0 Å². The lowest BCUT2D eigenvalue weighted by Gasteiger charge is -2.20. The predicted molar refractivity (Wildman–Crippen MR) is 86.1 cm³/mol. The summed E-state index contributed by atoms with van der Waals surface area (Å²) in [5.74, 6) is -0.289. The molecule has 0 bridgehead atoms. The van der Waals surface area contributed by atoms with Crippen molar-refractivity contribution < 1.29 is 9.00 Å². The van der Waals surface area contributed by atoms with Crippen molar-refractivity contribution in [1.82, 2.24) is 4.72 Å². The van der Waals surface area contributed by atoms with Gasteiger partial charge in [-0.15, -0.1) is 0 Å². The minimum atomic E-state index is -1.50. The van der Waals surface area contributed by atoms with Crippen LogP contribution in [0.25, 0.3) is 0 Å². The molecule has 0 saturated carbocycles. The van der Waals surface area contributed by atoms with Gasteiger partial charge in [0.25, 0.3) is 0 Å². The van der Waals surface area contributed by atoms with E-state index in [2.05, 4.69) is 11.6 Å². The molecule has 4 heteroatoms. The van der Waals surface area contributed by atoms with Crippen molar-refractivity contribution in [3.05, 3.63) is 71.3 Å². The van der Waals surface area contributed by atoms with E-state index in [1.807, 2.05) is 54.6 Å². The predicted octanol–water partition coefficient (Wildman–Crippen LogP) is 3.14. The lowest BCUT2D eigenvalue weighted by atomic mass is 9.98. The maximum Gasteiger partial charge on any atom is 0.228 e. The molecule has 0 heterocycles. The van der Waals surface area contributed by atoms with E-state index in [9.17, 15) is 9.00 Å². The average molecular weight is 301 g/mol. The van der Waals surface area contributed by atoms with E-state index in [1.165, 1.54) is 6.92 Å². The van der Waals surface area contributed by atoms with Gasteiger partial charge in [0.1, 0.15) is 16.2 Å². The number of hydrogen-bond donors (Lipinski definition) is 1. The fourth-order valence-electron chi connectivity index (χ4n) is 2.36. The second-order valence-electron chi connectivity index (χ2n) is 4.80. The summed E-state index contributed by atoms with van der Waals surface area (Å²) >= 11 is 0. The molecule has 0 fully saturated rings. The quantitative estimate of drug-likeness (QED) is 0.922. The molecule has 1 N–H and O–H groups in total. The Morgan fingerprint density at radius 3 is 2.33 bits per heavy atom. The van der Waals surface area contributed by atoms with Gasteiger partial charge in [-0.3, -0.25) is 9.52 Å². The van der Waals surface area contributed by atoms with Crippen LogP contribution < -0.4 is 4.72 Å². The van der Waals surface area contributed by atoms with Crippen LogP contribution in [0.5, 0.6) is 0 Å². The summed E-state index contributed by atoms with van der Waals surface area (Å²) in [5.41, 5.74) is 3.08. The molecule has 21 heavy (non-hydrogen) atoms. The maximum atomic E-state index is 12.6. The van der Waals surface area contributed by atoms with E-state index >= 15 is 0 Å². The number of hydrogen-bond acceptors (Lipinski definition) is 2. The van der Waals surface area contributed by atoms with Crippen molar-refractivity contribution in [2.45, 2.75) is 25.5 Å². The topological polar surface area (TPSA) is 46.2 Å². The van der Waals surface area contributed by atoms with Crippen molar-refractivity contribution in [1.29, 1.82) is 0 Å². The smallest absolute Gasteiger partial charge is 0.228 e. The SMILES string of the molecule is CCc1ccccc1C(c1ccccc1)S(=O)NC(C)=O. The van der Waals surface area contributed by atoms with Crippen molar-refractivity contribution in [2.24, 2.45) is 0 Å². The van der Waals surface area contributed by atoms with Crippen LogP contribution in [-0.4, -0.2) is 10.1 Å². The van der Waals surface area contributed by atoms with Crippen LogP contribution in [0.1, 0.15) is 35.8 Å². The van der Waals surface area contributed by atoms with Crippen LogP contribution in [-0.2, 0) is 22.2 Å². The minimum Gasteiger partial charge on any atom is -0.275 e. The second kappa shape index (κ2) is 7.18. The molecule has 0 saturated heterocycles. The standard InChI is InChI=1S/C17H19NO2S/c1-3-14-9-7-8-12-16(14)17(21(20)18-13(2)19)15-10-5-4-6-11-15/h4-12,17H,3H2,1-2H3,(H,18,19). The number of aryl methyl sites for hydroxylation is 1. The van der Waals surface area contributed by atoms with Crippen molar-refractivity contribution in [2.75, 3.05) is 0 Å². The Balaban J connectivity index is 2.50. The van der Waals surface area contributed by atoms with E-state index in [0.717, 1.165) is 23.1 Å². The Morgan fingerprint density at radius 1 is 1.10 bits per heavy atom. The van der Waals surface area contributed by atoms with E-state index in [-0.39, 0.29) is 11.2 Å². The van der Waals surface area contributed by atoms with Gasteiger partial charge in [-0.1, -0.05) is 61.5 Å². The molecule has 2 aromatic rings. The molecule has 3 nitrogen and oxygen atoms in total. The van der Waals surface area contributed by atoms with Crippen molar-refractivity contribution in [3.8, 4) is 0 Å². The molecule has 0 aliphatic carbocycles. The lowest BCUT2D eigenvalue weighted by Crippen LogP contribution is -2.28. The minimum absolute atomic E-state index is 0.289. The van der Waals surface area contributed by atoms with E-state index in [4.69, 9.17) is 0 Å². The highest BCUT2D eigenvalue weighted by Gasteiger charge is 2.24. The third-order valence-electron chi connectivity index (χ3n) is 3.28. The second-order valence-corrected chi connectivity index (χ2v) is 6.07. The first-order valence-corrected chi connectivity index (χ1v) is 8.15. The molecule has 1 amide bonds. The Kier molecular flexibility index (Phi) is 5.28. The molecule has 0 radical (unpaired) electrons. The van der Waals surface area contributed by atoms with Crippen molar-refractivity contribution in [3.63, 3.8) is 0 Å². The summed E-state index contributed by atoms with van der Waals surface area (Å²) in [5, 5.41) is -0.355. The lowest BCUT2D eigenvalue weighted by molar-refractivity contribution is -0.117. The zero-order valence-electron chi connectivity index (χ0n) is 12.2. The summed E-state index contributed by atoms with van der Waals surface area (Å²) in [6.07, 6.45) is 0.858. The van der Waals surface area contributed by atoms with Gasteiger partial charge in [-0.25, -0.2) is 4.21 Å². The summed E-state index contributed by atoms with van der Waals surface area (Å²) in [6.45, 7) is 3.45. The Bertz CT molecular complexity index is 640. The number of carbonyl (C=O) groups excluding carboxylic acids is 1. The zero-order valence-corrected chi connectivity index (χ0v) is 13.0. The highest BCUT2D eigenvalue weighted by Crippen LogP contribution is 2.30. The fourth-order valence-corrected chi connectivity index (χ4v) is 3.62. The molecule has 0 aromatic heterocycles. The molecule has 0 aliphatic rings. The Labute approximate surface area is 128 Å². The number of rotatable bonds is 5.